The number of ether oxygens (including phenoxy) is 2. The van der Waals surface area contributed by atoms with Crippen molar-refractivity contribution in [2.24, 2.45) is 11.8 Å². The van der Waals surface area contributed by atoms with Crippen LogP contribution in [0.2, 0.25) is 0 Å². The average Bonchev–Trinajstić information content (AvgIpc) is 2.69. The molecule has 0 amide bonds. The van der Waals surface area contributed by atoms with Gasteiger partial charge in [-0.1, -0.05) is 87.0 Å². The monoisotopic (exact) mass is 428 g/mol. The summed E-state index contributed by atoms with van der Waals surface area (Å²) in [6, 6.07) is 0.245. The molecule has 0 heterocycles. The maximum atomic E-state index is 6.61. The van der Waals surface area contributed by atoms with Gasteiger partial charge in [-0.25, -0.2) is 0 Å². The minimum absolute atomic E-state index is 0.245. The van der Waals surface area contributed by atoms with Crippen molar-refractivity contribution in [2.45, 2.75) is 119 Å². The average molecular weight is 429 g/mol. The fraction of sp³-hybridized carbons (Fsp3) is 1.00. The van der Waals surface area contributed by atoms with Crippen LogP contribution < -0.4 is 0 Å². The van der Waals surface area contributed by atoms with E-state index in [0.29, 0.717) is 25.0 Å². The molecule has 0 bridgehead atoms. The van der Waals surface area contributed by atoms with Crippen molar-refractivity contribution in [3.63, 3.8) is 0 Å². The molecule has 0 aromatic rings. The number of hydrogen-bond donors (Lipinski definition) is 0. The summed E-state index contributed by atoms with van der Waals surface area (Å²) in [6.45, 7) is 25.6. The third-order valence-corrected chi connectivity index (χ3v) is 5.81. The summed E-state index contributed by atoms with van der Waals surface area (Å²) in [5.74, 6) is 0.523. The van der Waals surface area contributed by atoms with E-state index in [0.717, 1.165) is 32.6 Å². The molecule has 0 N–H and O–H groups in total. The van der Waals surface area contributed by atoms with E-state index in [-0.39, 0.29) is 6.04 Å². The zero-order valence-corrected chi connectivity index (χ0v) is 22.1. The van der Waals surface area contributed by atoms with Crippen molar-refractivity contribution in [1.82, 2.24) is 9.80 Å². The fourth-order valence-electron chi connectivity index (χ4n) is 4.62. The van der Waals surface area contributed by atoms with Gasteiger partial charge in [0.05, 0.1) is 6.04 Å². The van der Waals surface area contributed by atoms with Crippen LogP contribution in [-0.2, 0) is 9.47 Å². The second-order valence-electron chi connectivity index (χ2n) is 9.48. The maximum absolute atomic E-state index is 6.61. The highest BCUT2D eigenvalue weighted by Gasteiger charge is 2.48. The molecule has 0 radical (unpaired) electrons. The van der Waals surface area contributed by atoms with Crippen molar-refractivity contribution in [1.29, 1.82) is 0 Å². The maximum Gasteiger partial charge on any atom is 0.246 e. The summed E-state index contributed by atoms with van der Waals surface area (Å²) < 4.78 is 13.2. The lowest BCUT2D eigenvalue weighted by molar-refractivity contribution is -0.344. The smallest absolute Gasteiger partial charge is 0.246 e. The Morgan fingerprint density at radius 1 is 0.667 bits per heavy atom. The molecular weight excluding hydrogens is 372 g/mol. The Hall–Kier alpha value is -0.160. The number of likely N-dealkylation sites (N-methyl/N-ethyl adjacent to an activating group) is 2. The summed E-state index contributed by atoms with van der Waals surface area (Å²) in [6.07, 6.45) is 9.04. The van der Waals surface area contributed by atoms with Crippen molar-refractivity contribution >= 4 is 0 Å². The van der Waals surface area contributed by atoms with Crippen molar-refractivity contribution < 1.29 is 9.47 Å². The molecule has 0 fully saturated rings. The molecule has 30 heavy (non-hydrogen) atoms. The molecule has 0 aliphatic heterocycles. The molecule has 0 rings (SSSR count). The molecule has 4 heteroatoms. The van der Waals surface area contributed by atoms with Gasteiger partial charge in [0.1, 0.15) is 0 Å². The van der Waals surface area contributed by atoms with Gasteiger partial charge in [-0.3, -0.25) is 9.80 Å². The topological polar surface area (TPSA) is 24.9 Å². The van der Waals surface area contributed by atoms with Gasteiger partial charge in [0, 0.05) is 32.8 Å². The SMILES string of the molecule is CCCCCCCCC(N(CC)CC(C)C)C(OCC)(OCC)N(CC)CC(C)C. The second-order valence-corrected chi connectivity index (χ2v) is 9.48. The first-order chi connectivity index (χ1) is 14.3. The Morgan fingerprint density at radius 2 is 1.20 bits per heavy atom. The molecule has 1 atom stereocenters. The molecule has 0 aliphatic carbocycles. The van der Waals surface area contributed by atoms with E-state index < -0.39 is 5.91 Å². The zero-order chi connectivity index (χ0) is 23.0. The fourth-order valence-corrected chi connectivity index (χ4v) is 4.62. The highest BCUT2D eigenvalue weighted by Crippen LogP contribution is 2.32. The van der Waals surface area contributed by atoms with Gasteiger partial charge in [0.15, 0.2) is 0 Å². The largest absolute Gasteiger partial charge is 0.336 e. The van der Waals surface area contributed by atoms with Crippen molar-refractivity contribution in [3.8, 4) is 0 Å². The van der Waals surface area contributed by atoms with E-state index in [2.05, 4.69) is 72.1 Å². The van der Waals surface area contributed by atoms with Crippen LogP contribution >= 0.6 is 0 Å². The lowest BCUT2D eigenvalue weighted by Crippen LogP contribution is -2.66. The molecular formula is C26H56N2O2. The van der Waals surface area contributed by atoms with Crippen LogP contribution in [0.15, 0.2) is 0 Å². The second kappa shape index (κ2) is 17.4. The molecule has 0 aromatic carbocycles. The summed E-state index contributed by atoms with van der Waals surface area (Å²) in [7, 11) is 0. The van der Waals surface area contributed by atoms with E-state index >= 15 is 0 Å². The molecule has 0 spiro atoms. The third-order valence-electron chi connectivity index (χ3n) is 5.81. The molecule has 4 nitrogen and oxygen atoms in total. The van der Waals surface area contributed by atoms with Crippen LogP contribution in [0.4, 0.5) is 0 Å². The van der Waals surface area contributed by atoms with Gasteiger partial charge in [-0.2, -0.15) is 0 Å². The minimum atomic E-state index is -0.670. The first-order valence-corrected chi connectivity index (χ1v) is 13.1. The van der Waals surface area contributed by atoms with E-state index in [1.807, 2.05) is 0 Å². The van der Waals surface area contributed by atoms with Crippen LogP contribution in [0.5, 0.6) is 0 Å². The Labute approximate surface area is 190 Å². The summed E-state index contributed by atoms with van der Waals surface area (Å²) >= 11 is 0. The number of hydrogen-bond acceptors (Lipinski definition) is 4. The van der Waals surface area contributed by atoms with Gasteiger partial charge in [-0.15, -0.1) is 0 Å². The van der Waals surface area contributed by atoms with Gasteiger partial charge in [0.2, 0.25) is 5.91 Å². The number of rotatable bonds is 20. The standard InChI is InChI=1S/C26H56N2O2/c1-10-15-16-17-18-19-20-25(27(11-2)21-23(6)7)26(29-13-4,30-14-5)28(12-3)22-24(8)9/h23-25H,10-22H2,1-9H3. The Kier molecular flexibility index (Phi) is 17.3. The number of unbranched alkanes of at least 4 members (excludes halogenated alkanes) is 5. The predicted octanol–water partition coefficient (Wildman–Crippen LogP) is 6.79. The first-order valence-electron chi connectivity index (χ1n) is 13.1. The van der Waals surface area contributed by atoms with Crippen molar-refractivity contribution in [3.05, 3.63) is 0 Å². The first kappa shape index (κ1) is 29.8. The number of nitrogens with zero attached hydrogens (tertiary/aromatic N) is 2. The Balaban J connectivity index is 5.87. The van der Waals surface area contributed by atoms with Crippen LogP contribution in [0, 0.1) is 11.8 Å². The van der Waals surface area contributed by atoms with Crippen molar-refractivity contribution in [2.75, 3.05) is 39.4 Å². The molecule has 0 saturated heterocycles. The molecule has 182 valence electrons. The van der Waals surface area contributed by atoms with Gasteiger partial charge in [0.25, 0.3) is 0 Å². The van der Waals surface area contributed by atoms with Gasteiger partial charge < -0.3 is 9.47 Å². The molecule has 0 saturated carbocycles. The molecule has 0 aliphatic rings. The van der Waals surface area contributed by atoms with Crippen LogP contribution in [0.3, 0.4) is 0 Å². The summed E-state index contributed by atoms with van der Waals surface area (Å²) in [5, 5.41) is 0. The third kappa shape index (κ3) is 10.4. The Bertz CT molecular complexity index is 381. The summed E-state index contributed by atoms with van der Waals surface area (Å²) in [5.41, 5.74) is 0. The van der Waals surface area contributed by atoms with Crippen LogP contribution in [0.25, 0.3) is 0 Å². The highest BCUT2D eigenvalue weighted by atomic mass is 16.7. The Morgan fingerprint density at radius 3 is 1.63 bits per heavy atom. The van der Waals surface area contributed by atoms with Gasteiger partial charge >= 0.3 is 0 Å². The van der Waals surface area contributed by atoms with E-state index in [4.69, 9.17) is 9.47 Å². The highest BCUT2D eigenvalue weighted by molar-refractivity contribution is 4.89. The van der Waals surface area contributed by atoms with E-state index in [1.54, 1.807) is 0 Å². The zero-order valence-electron chi connectivity index (χ0n) is 22.1. The lowest BCUT2D eigenvalue weighted by Gasteiger charge is -2.51. The predicted molar refractivity (Wildman–Crippen MR) is 132 cm³/mol. The normalized spacial score (nSPS) is 13.9. The van der Waals surface area contributed by atoms with Gasteiger partial charge in [-0.05, 0) is 38.6 Å². The minimum Gasteiger partial charge on any atom is -0.336 e. The lowest BCUT2D eigenvalue weighted by atomic mass is 9.98. The van der Waals surface area contributed by atoms with Crippen LogP contribution in [0.1, 0.15) is 107 Å². The van der Waals surface area contributed by atoms with E-state index in [1.165, 1.54) is 38.5 Å². The molecule has 0 aromatic heterocycles. The van der Waals surface area contributed by atoms with E-state index in [9.17, 15) is 0 Å². The quantitative estimate of drug-likeness (QED) is 0.157. The summed E-state index contributed by atoms with van der Waals surface area (Å²) in [4.78, 5) is 5.10. The van der Waals surface area contributed by atoms with Crippen LogP contribution in [-0.4, -0.2) is 61.1 Å². The molecule has 1 unspecified atom stereocenters.